The van der Waals surface area contributed by atoms with Crippen LogP contribution in [0.5, 0.6) is 0 Å². The highest BCUT2D eigenvalue weighted by molar-refractivity contribution is 5.88. The monoisotopic (exact) mass is 332 g/mol. The fraction of sp³-hybridized carbons (Fsp3) is 0.400. The van der Waals surface area contributed by atoms with E-state index in [-0.39, 0.29) is 12.4 Å². The van der Waals surface area contributed by atoms with E-state index in [2.05, 4.69) is 10.1 Å². The van der Waals surface area contributed by atoms with Crippen LogP contribution in [0.1, 0.15) is 28.7 Å². The van der Waals surface area contributed by atoms with Gasteiger partial charge in [0.15, 0.2) is 12.5 Å². The molecule has 0 saturated carbocycles. The van der Waals surface area contributed by atoms with Gasteiger partial charge in [0.1, 0.15) is 24.6 Å². The van der Waals surface area contributed by atoms with Crippen LogP contribution in [0.25, 0.3) is 0 Å². The van der Waals surface area contributed by atoms with Gasteiger partial charge >= 0.3 is 0 Å². The molecule has 0 bridgehead atoms. The maximum absolute atomic E-state index is 11.2. The fourth-order valence-electron chi connectivity index (χ4n) is 2.97. The number of aromatic nitrogens is 3. The third-order valence-electron chi connectivity index (χ3n) is 4.09. The number of carbonyl (C=O) groups excluding carboxylic acids is 1. The summed E-state index contributed by atoms with van der Waals surface area (Å²) in [7, 11) is 0. The van der Waals surface area contributed by atoms with Crippen LogP contribution in [-0.2, 0) is 14.2 Å². The van der Waals surface area contributed by atoms with Gasteiger partial charge in [-0.25, -0.2) is 9.67 Å². The molecule has 3 N–H and O–H groups in total. The summed E-state index contributed by atoms with van der Waals surface area (Å²) in [5.41, 5.74) is 6.04. The number of ether oxygens (including phenoxy) is 3. The minimum Gasteiger partial charge on any atom is -0.394 e. The first kappa shape index (κ1) is 15.2. The summed E-state index contributed by atoms with van der Waals surface area (Å²) >= 11 is 0. The van der Waals surface area contributed by atoms with Gasteiger partial charge in [-0.05, 0) is 0 Å². The minimum atomic E-state index is -0.729. The third kappa shape index (κ3) is 2.47. The third-order valence-corrected chi connectivity index (χ3v) is 4.09. The molecule has 2 fully saturated rings. The molecule has 126 valence electrons. The largest absolute Gasteiger partial charge is 0.394 e. The molecule has 2 aliphatic heterocycles. The number of nitrogens with zero attached hydrogens (tertiary/aromatic N) is 3. The molecule has 1 aromatic carbocycles. The molecule has 1 amide bonds. The normalized spacial score (nSPS) is 32.0. The molecule has 24 heavy (non-hydrogen) atoms. The van der Waals surface area contributed by atoms with E-state index in [1.807, 2.05) is 30.3 Å². The van der Waals surface area contributed by atoms with Gasteiger partial charge < -0.3 is 25.1 Å². The number of carbonyl (C=O) groups is 1. The Bertz CT molecular complexity index is 736. The molecule has 0 radical (unpaired) electrons. The molecule has 5 atom stereocenters. The molecule has 3 heterocycles. The summed E-state index contributed by atoms with van der Waals surface area (Å²) in [5.74, 6) is -0.839. The molecule has 9 heteroatoms. The number of aliphatic hydroxyl groups excluding tert-OH is 1. The molecule has 2 aromatic rings. The lowest BCUT2D eigenvalue weighted by Crippen LogP contribution is -2.30. The second-order valence-electron chi connectivity index (χ2n) is 5.60. The number of fused-ring (bicyclic) bond motifs is 1. The Morgan fingerprint density at radius 3 is 2.62 bits per heavy atom. The van der Waals surface area contributed by atoms with Crippen molar-refractivity contribution in [2.24, 2.45) is 5.73 Å². The van der Waals surface area contributed by atoms with Crippen LogP contribution in [0, 0.1) is 0 Å². The molecular formula is C15H16N4O5. The lowest BCUT2D eigenvalue weighted by molar-refractivity contribution is -0.156. The van der Waals surface area contributed by atoms with Crippen molar-refractivity contribution in [1.82, 2.24) is 14.8 Å². The molecule has 4 rings (SSSR count). The number of hydrogen-bond acceptors (Lipinski definition) is 7. The Labute approximate surface area is 136 Å². The first-order valence-corrected chi connectivity index (χ1v) is 7.50. The van der Waals surface area contributed by atoms with Crippen molar-refractivity contribution in [3.05, 3.63) is 48.0 Å². The van der Waals surface area contributed by atoms with Crippen molar-refractivity contribution in [3.63, 3.8) is 0 Å². The topological polar surface area (TPSA) is 122 Å². The number of amides is 1. The highest BCUT2D eigenvalue weighted by atomic mass is 16.8. The first-order valence-electron chi connectivity index (χ1n) is 7.50. The summed E-state index contributed by atoms with van der Waals surface area (Å²) in [6.45, 7) is -0.222. The van der Waals surface area contributed by atoms with Crippen LogP contribution in [0.3, 0.4) is 0 Å². The smallest absolute Gasteiger partial charge is 0.288 e. The van der Waals surface area contributed by atoms with Gasteiger partial charge in [-0.15, -0.1) is 5.10 Å². The van der Waals surface area contributed by atoms with Gasteiger partial charge in [0.25, 0.3) is 5.91 Å². The summed E-state index contributed by atoms with van der Waals surface area (Å²) in [4.78, 5) is 15.0. The van der Waals surface area contributed by atoms with Crippen molar-refractivity contribution < 1.29 is 24.1 Å². The number of nitrogens with two attached hydrogens (primary N) is 1. The first-order chi connectivity index (χ1) is 11.7. The van der Waals surface area contributed by atoms with Crippen LogP contribution in [0.4, 0.5) is 0 Å². The van der Waals surface area contributed by atoms with Crippen LogP contribution in [0.2, 0.25) is 0 Å². The highest BCUT2D eigenvalue weighted by Crippen LogP contribution is 2.43. The van der Waals surface area contributed by atoms with Crippen molar-refractivity contribution >= 4 is 5.91 Å². The highest BCUT2D eigenvalue weighted by Gasteiger charge is 2.53. The fourth-order valence-corrected chi connectivity index (χ4v) is 2.97. The maximum Gasteiger partial charge on any atom is 0.288 e. The van der Waals surface area contributed by atoms with E-state index in [0.29, 0.717) is 0 Å². The van der Waals surface area contributed by atoms with Crippen molar-refractivity contribution in [2.75, 3.05) is 6.61 Å². The van der Waals surface area contributed by atoms with Gasteiger partial charge in [0.2, 0.25) is 5.82 Å². The zero-order chi connectivity index (χ0) is 16.7. The van der Waals surface area contributed by atoms with E-state index in [4.69, 9.17) is 19.9 Å². The van der Waals surface area contributed by atoms with E-state index < -0.39 is 36.7 Å². The van der Waals surface area contributed by atoms with Crippen molar-refractivity contribution in [3.8, 4) is 0 Å². The summed E-state index contributed by atoms with van der Waals surface area (Å²) in [5, 5.41) is 13.6. The van der Waals surface area contributed by atoms with E-state index in [1.54, 1.807) is 0 Å². The molecule has 9 nitrogen and oxygen atoms in total. The molecule has 0 aliphatic carbocycles. The zero-order valence-electron chi connectivity index (χ0n) is 12.6. The van der Waals surface area contributed by atoms with Crippen LogP contribution in [-0.4, -0.2) is 50.7 Å². The van der Waals surface area contributed by atoms with Crippen LogP contribution in [0.15, 0.2) is 36.7 Å². The van der Waals surface area contributed by atoms with Gasteiger partial charge in [0.05, 0.1) is 6.61 Å². The lowest BCUT2D eigenvalue weighted by atomic mass is 10.1. The summed E-state index contributed by atoms with van der Waals surface area (Å²) < 4.78 is 19.0. The van der Waals surface area contributed by atoms with Crippen LogP contribution >= 0.6 is 0 Å². The van der Waals surface area contributed by atoms with Gasteiger partial charge in [-0.1, -0.05) is 30.3 Å². The van der Waals surface area contributed by atoms with Crippen molar-refractivity contribution in [1.29, 1.82) is 0 Å². The number of primary amides is 1. The number of hydrogen-bond donors (Lipinski definition) is 2. The summed E-state index contributed by atoms with van der Waals surface area (Å²) in [6, 6.07) is 9.49. The molecule has 2 aliphatic rings. The zero-order valence-corrected chi connectivity index (χ0v) is 12.6. The number of aliphatic hydroxyl groups is 1. The SMILES string of the molecule is NC(=O)c1ncn(C2OC(CO)[C@H]3OC(c4ccccc4)O[C@@H]23)n1. The molecule has 1 aromatic heterocycles. The van der Waals surface area contributed by atoms with Crippen molar-refractivity contribution in [2.45, 2.75) is 30.8 Å². The molecule has 3 unspecified atom stereocenters. The van der Waals surface area contributed by atoms with E-state index in [1.165, 1.54) is 11.0 Å². The predicted octanol–water partition coefficient (Wildman–Crippen LogP) is -0.251. The predicted molar refractivity (Wildman–Crippen MR) is 78.5 cm³/mol. The molecule has 2 saturated heterocycles. The summed E-state index contributed by atoms with van der Waals surface area (Å²) in [6.07, 6.45) is -1.38. The van der Waals surface area contributed by atoms with Gasteiger partial charge in [-0.2, -0.15) is 0 Å². The second kappa shape index (κ2) is 5.95. The minimum absolute atomic E-state index is 0.110. The van der Waals surface area contributed by atoms with Crippen LogP contribution < -0.4 is 5.73 Å². The van der Waals surface area contributed by atoms with E-state index in [9.17, 15) is 9.90 Å². The molecule has 0 spiro atoms. The second-order valence-corrected chi connectivity index (χ2v) is 5.60. The van der Waals surface area contributed by atoms with Gasteiger partial charge in [-0.3, -0.25) is 4.79 Å². The van der Waals surface area contributed by atoms with E-state index in [0.717, 1.165) is 5.56 Å². The average molecular weight is 332 g/mol. The average Bonchev–Trinajstić information content (AvgIpc) is 3.30. The Kier molecular flexibility index (Phi) is 3.77. The number of rotatable bonds is 4. The maximum atomic E-state index is 11.2. The lowest BCUT2D eigenvalue weighted by Gasteiger charge is -2.19. The Morgan fingerprint density at radius 1 is 1.21 bits per heavy atom. The quantitative estimate of drug-likeness (QED) is 0.791. The Morgan fingerprint density at radius 2 is 1.96 bits per heavy atom. The van der Waals surface area contributed by atoms with E-state index >= 15 is 0 Å². The number of benzene rings is 1. The Hall–Kier alpha value is -2.33. The Balaban J connectivity index is 1.59. The van der Waals surface area contributed by atoms with Gasteiger partial charge in [0, 0.05) is 5.56 Å². The standard InChI is InChI=1S/C15H16N4O5/c16-12(21)13-17-7-19(18-13)14-11-10(9(6-20)22-14)23-15(24-11)8-4-2-1-3-5-8/h1-5,7,9-11,14-15,20H,6H2,(H2,16,21)/t9?,10-,11-,14?,15?/m1/s1. The molecular weight excluding hydrogens is 316 g/mol.